The Balaban J connectivity index is 1.98. The maximum atomic E-state index is 6.19. The molecule has 0 saturated carbocycles. The second-order valence-corrected chi connectivity index (χ2v) is 4.93. The van der Waals surface area contributed by atoms with Gasteiger partial charge < -0.3 is 5.32 Å². The number of nitrogens with zero attached hydrogens (tertiary/aromatic N) is 3. The molecule has 0 amide bonds. The summed E-state index contributed by atoms with van der Waals surface area (Å²) in [5.41, 5.74) is 1.10. The van der Waals surface area contributed by atoms with Crippen LogP contribution in [0.3, 0.4) is 0 Å². The van der Waals surface area contributed by atoms with E-state index in [-0.39, 0.29) is 6.04 Å². The molecule has 1 aromatic heterocycles. The monoisotopic (exact) mass is 278 g/mol. The predicted molar refractivity (Wildman–Crippen MR) is 77.0 cm³/mol. The van der Waals surface area contributed by atoms with Gasteiger partial charge in [-0.15, -0.1) is 0 Å². The summed E-state index contributed by atoms with van der Waals surface area (Å²) in [6.07, 6.45) is 2.66. The Kier molecular flexibility index (Phi) is 4.93. The fraction of sp³-hybridized carbons (Fsp3) is 0.429. The normalized spacial score (nSPS) is 12.6. The standard InChI is InChI=1S/C14H19ClN4/c1-3-8-19-14(17-10-18-19)9-16-11(2)12-6-4-5-7-13(12)15/h4-7,10-11,16H,3,8-9H2,1-2H3/t11-/m1/s1. The van der Waals surface area contributed by atoms with Crippen LogP contribution in [0.4, 0.5) is 0 Å². The van der Waals surface area contributed by atoms with E-state index in [1.54, 1.807) is 6.33 Å². The summed E-state index contributed by atoms with van der Waals surface area (Å²) in [6, 6.07) is 8.07. The molecule has 0 saturated heterocycles. The molecule has 1 atom stereocenters. The summed E-state index contributed by atoms with van der Waals surface area (Å²) in [6.45, 7) is 5.82. The highest BCUT2D eigenvalue weighted by atomic mass is 35.5. The van der Waals surface area contributed by atoms with Gasteiger partial charge in [0.2, 0.25) is 0 Å². The third-order valence-corrected chi connectivity index (χ3v) is 3.41. The van der Waals surface area contributed by atoms with Crippen molar-refractivity contribution < 1.29 is 0 Å². The van der Waals surface area contributed by atoms with Crippen LogP contribution in [0.1, 0.15) is 37.7 Å². The van der Waals surface area contributed by atoms with Crippen molar-refractivity contribution in [3.8, 4) is 0 Å². The number of hydrogen-bond acceptors (Lipinski definition) is 3. The van der Waals surface area contributed by atoms with Gasteiger partial charge in [0, 0.05) is 17.6 Å². The predicted octanol–water partition coefficient (Wildman–Crippen LogP) is 3.19. The molecule has 19 heavy (non-hydrogen) atoms. The molecular formula is C14H19ClN4. The molecule has 0 radical (unpaired) electrons. The minimum absolute atomic E-state index is 0.181. The molecule has 0 unspecified atom stereocenters. The Hall–Kier alpha value is -1.39. The molecule has 0 aliphatic rings. The van der Waals surface area contributed by atoms with Gasteiger partial charge in [-0.05, 0) is 25.0 Å². The van der Waals surface area contributed by atoms with Crippen LogP contribution >= 0.6 is 11.6 Å². The third-order valence-electron chi connectivity index (χ3n) is 3.07. The molecule has 1 heterocycles. The van der Waals surface area contributed by atoms with Crippen molar-refractivity contribution in [2.24, 2.45) is 0 Å². The summed E-state index contributed by atoms with van der Waals surface area (Å²) in [4.78, 5) is 4.28. The molecule has 0 spiro atoms. The van der Waals surface area contributed by atoms with Crippen LogP contribution in [0.15, 0.2) is 30.6 Å². The Morgan fingerprint density at radius 1 is 1.37 bits per heavy atom. The van der Waals surface area contributed by atoms with E-state index in [1.807, 2.05) is 28.9 Å². The number of nitrogens with one attached hydrogen (secondary N) is 1. The first-order valence-corrected chi connectivity index (χ1v) is 6.94. The van der Waals surface area contributed by atoms with Crippen LogP contribution in [0.25, 0.3) is 0 Å². The second-order valence-electron chi connectivity index (χ2n) is 4.52. The van der Waals surface area contributed by atoms with E-state index in [1.165, 1.54) is 0 Å². The van der Waals surface area contributed by atoms with Gasteiger partial charge in [-0.25, -0.2) is 9.67 Å². The molecule has 2 aromatic rings. The molecule has 0 fully saturated rings. The van der Waals surface area contributed by atoms with Crippen molar-refractivity contribution in [3.05, 3.63) is 47.0 Å². The van der Waals surface area contributed by atoms with E-state index in [0.717, 1.165) is 29.4 Å². The van der Waals surface area contributed by atoms with Crippen LogP contribution in [0, 0.1) is 0 Å². The van der Waals surface area contributed by atoms with Gasteiger partial charge in [0.1, 0.15) is 12.2 Å². The highest BCUT2D eigenvalue weighted by molar-refractivity contribution is 6.31. The van der Waals surface area contributed by atoms with Crippen LogP contribution in [0.5, 0.6) is 0 Å². The van der Waals surface area contributed by atoms with Crippen molar-refractivity contribution in [1.29, 1.82) is 0 Å². The minimum Gasteiger partial charge on any atom is -0.303 e. The first-order valence-electron chi connectivity index (χ1n) is 6.57. The zero-order valence-electron chi connectivity index (χ0n) is 11.3. The Morgan fingerprint density at radius 3 is 2.89 bits per heavy atom. The van der Waals surface area contributed by atoms with Crippen LogP contribution in [-0.4, -0.2) is 14.8 Å². The third kappa shape index (κ3) is 3.55. The lowest BCUT2D eigenvalue weighted by Gasteiger charge is -2.15. The van der Waals surface area contributed by atoms with E-state index in [9.17, 15) is 0 Å². The number of halogens is 1. The molecule has 0 aliphatic heterocycles. The van der Waals surface area contributed by atoms with Crippen molar-refractivity contribution in [2.45, 2.75) is 39.4 Å². The summed E-state index contributed by atoms with van der Waals surface area (Å²) in [7, 11) is 0. The minimum atomic E-state index is 0.181. The smallest absolute Gasteiger partial charge is 0.140 e. The number of benzene rings is 1. The molecular weight excluding hydrogens is 260 g/mol. The van der Waals surface area contributed by atoms with E-state index >= 15 is 0 Å². The number of hydrogen-bond donors (Lipinski definition) is 1. The first kappa shape index (κ1) is 14.0. The summed E-state index contributed by atoms with van der Waals surface area (Å²) in [5, 5.41) is 8.44. The first-order chi connectivity index (χ1) is 9.22. The molecule has 2 rings (SSSR count). The van der Waals surface area contributed by atoms with Gasteiger partial charge in [-0.1, -0.05) is 36.7 Å². The summed E-state index contributed by atoms with van der Waals surface area (Å²) >= 11 is 6.19. The van der Waals surface area contributed by atoms with Gasteiger partial charge in [0.05, 0.1) is 6.54 Å². The molecule has 4 nitrogen and oxygen atoms in total. The molecule has 0 bridgehead atoms. The topological polar surface area (TPSA) is 42.7 Å². The maximum absolute atomic E-state index is 6.19. The highest BCUT2D eigenvalue weighted by Crippen LogP contribution is 2.22. The largest absolute Gasteiger partial charge is 0.303 e. The second kappa shape index (κ2) is 6.68. The van der Waals surface area contributed by atoms with Crippen molar-refractivity contribution in [2.75, 3.05) is 0 Å². The van der Waals surface area contributed by atoms with Crippen molar-refractivity contribution in [1.82, 2.24) is 20.1 Å². The fourth-order valence-electron chi connectivity index (χ4n) is 2.00. The SMILES string of the molecule is CCCn1ncnc1CN[C@H](C)c1ccccc1Cl. The molecule has 0 aliphatic carbocycles. The Morgan fingerprint density at radius 2 is 2.16 bits per heavy atom. The van der Waals surface area contributed by atoms with Gasteiger partial charge in [-0.2, -0.15) is 5.10 Å². The number of aromatic nitrogens is 3. The summed E-state index contributed by atoms with van der Waals surface area (Å²) < 4.78 is 1.94. The van der Waals surface area contributed by atoms with Crippen LogP contribution < -0.4 is 5.32 Å². The van der Waals surface area contributed by atoms with Gasteiger partial charge in [0.25, 0.3) is 0 Å². The van der Waals surface area contributed by atoms with Gasteiger partial charge in [0.15, 0.2) is 0 Å². The lowest BCUT2D eigenvalue weighted by Crippen LogP contribution is -2.21. The fourth-order valence-corrected chi connectivity index (χ4v) is 2.30. The molecule has 1 N–H and O–H groups in total. The quantitative estimate of drug-likeness (QED) is 0.882. The number of rotatable bonds is 6. The average molecular weight is 279 g/mol. The maximum Gasteiger partial charge on any atom is 0.140 e. The number of aryl methyl sites for hydroxylation is 1. The Labute approximate surface area is 118 Å². The molecule has 102 valence electrons. The zero-order chi connectivity index (χ0) is 13.7. The Bertz CT molecular complexity index is 524. The van der Waals surface area contributed by atoms with E-state index in [0.29, 0.717) is 6.54 Å². The zero-order valence-corrected chi connectivity index (χ0v) is 12.1. The lowest BCUT2D eigenvalue weighted by atomic mass is 10.1. The van der Waals surface area contributed by atoms with E-state index in [2.05, 4.69) is 29.2 Å². The lowest BCUT2D eigenvalue weighted by molar-refractivity contribution is 0.509. The average Bonchev–Trinajstić information content (AvgIpc) is 2.84. The van der Waals surface area contributed by atoms with E-state index in [4.69, 9.17) is 11.6 Å². The van der Waals surface area contributed by atoms with Gasteiger partial charge >= 0.3 is 0 Å². The van der Waals surface area contributed by atoms with Crippen molar-refractivity contribution >= 4 is 11.6 Å². The van der Waals surface area contributed by atoms with Crippen molar-refractivity contribution in [3.63, 3.8) is 0 Å². The van der Waals surface area contributed by atoms with Crippen LogP contribution in [-0.2, 0) is 13.1 Å². The van der Waals surface area contributed by atoms with E-state index < -0.39 is 0 Å². The molecule has 5 heteroatoms. The molecule has 1 aromatic carbocycles. The van der Waals surface area contributed by atoms with Crippen LogP contribution in [0.2, 0.25) is 5.02 Å². The highest BCUT2D eigenvalue weighted by Gasteiger charge is 2.10. The summed E-state index contributed by atoms with van der Waals surface area (Å²) in [5.74, 6) is 0.959. The van der Waals surface area contributed by atoms with Gasteiger partial charge in [-0.3, -0.25) is 0 Å².